The van der Waals surface area contributed by atoms with Gasteiger partial charge in [-0.1, -0.05) is 27.7 Å². The molecule has 0 spiro atoms. The van der Waals surface area contributed by atoms with E-state index in [2.05, 4.69) is 83.1 Å². The van der Waals surface area contributed by atoms with Crippen LogP contribution in [0.15, 0.2) is 0 Å². The second-order valence-electron chi connectivity index (χ2n) is 9.81. The van der Waals surface area contributed by atoms with E-state index in [1.807, 2.05) is 0 Å². The highest BCUT2D eigenvalue weighted by molar-refractivity contribution is 6.45. The van der Waals surface area contributed by atoms with Crippen LogP contribution in [-0.2, 0) is 18.6 Å². The van der Waals surface area contributed by atoms with Gasteiger partial charge in [-0.2, -0.15) is 0 Å². The lowest BCUT2D eigenvalue weighted by molar-refractivity contribution is -0.182. The summed E-state index contributed by atoms with van der Waals surface area (Å²) in [6.07, 6.45) is 1.83. The van der Waals surface area contributed by atoms with Crippen LogP contribution < -0.4 is 0 Å². The first-order chi connectivity index (χ1) is 11.0. The van der Waals surface area contributed by atoms with E-state index in [9.17, 15) is 0 Å². The average Bonchev–Trinajstić information content (AvgIpc) is 2.64. The quantitative estimate of drug-likeness (QED) is 0.637. The summed E-state index contributed by atoms with van der Waals surface area (Å²) in [7, 11) is -0.0759. The molecule has 2 heterocycles. The zero-order valence-electron chi connectivity index (χ0n) is 18.7. The van der Waals surface area contributed by atoms with E-state index in [4.69, 9.17) is 18.6 Å². The molecule has 0 aromatic rings. The van der Waals surface area contributed by atoms with Crippen molar-refractivity contribution in [3.8, 4) is 0 Å². The minimum Gasteiger partial charge on any atom is -0.406 e. The Kier molecular flexibility index (Phi) is 6.61. The van der Waals surface area contributed by atoms with Crippen LogP contribution in [0, 0.1) is 5.41 Å². The van der Waals surface area contributed by atoms with Crippen LogP contribution in [0.4, 0.5) is 0 Å². The lowest BCUT2D eigenvalue weighted by atomic mass is 9.61. The highest BCUT2D eigenvalue weighted by Crippen LogP contribution is 2.49. The van der Waals surface area contributed by atoms with Crippen LogP contribution in [-0.4, -0.2) is 36.6 Å². The van der Waals surface area contributed by atoms with Gasteiger partial charge in [0.25, 0.3) is 0 Å². The van der Waals surface area contributed by atoms with Gasteiger partial charge in [0, 0.05) is 5.41 Å². The molecule has 0 unspecified atom stereocenters. The molecule has 25 heavy (non-hydrogen) atoms. The third-order valence-electron chi connectivity index (χ3n) is 6.83. The van der Waals surface area contributed by atoms with Crippen LogP contribution in [0.1, 0.15) is 83.1 Å². The molecule has 2 aliphatic heterocycles. The molecule has 0 atom stereocenters. The topological polar surface area (TPSA) is 36.9 Å². The van der Waals surface area contributed by atoms with Crippen LogP contribution in [0.3, 0.4) is 0 Å². The van der Waals surface area contributed by atoms with Crippen molar-refractivity contribution in [2.45, 2.75) is 118 Å². The first-order valence-electron chi connectivity index (χ1n) is 9.74. The van der Waals surface area contributed by atoms with Gasteiger partial charge in [0.2, 0.25) is 0 Å². The van der Waals surface area contributed by atoms with E-state index in [1.165, 1.54) is 0 Å². The van der Waals surface area contributed by atoms with Crippen molar-refractivity contribution in [2.75, 3.05) is 0 Å². The molecule has 0 aromatic carbocycles. The van der Waals surface area contributed by atoms with Crippen molar-refractivity contribution in [2.24, 2.45) is 5.41 Å². The van der Waals surface area contributed by atoms with Gasteiger partial charge in [-0.25, -0.2) is 0 Å². The first kappa shape index (κ1) is 23.0. The largest absolute Gasteiger partial charge is 0.457 e. The second-order valence-corrected chi connectivity index (χ2v) is 9.81. The Labute approximate surface area is 157 Å². The third-order valence-corrected chi connectivity index (χ3v) is 6.83. The molecule has 0 aliphatic carbocycles. The minimum absolute atomic E-state index is 0.00562. The second kappa shape index (κ2) is 7.18. The summed E-state index contributed by atoms with van der Waals surface area (Å²) in [5, 5.41) is 0. The van der Waals surface area contributed by atoms with E-state index in [-0.39, 0.29) is 42.1 Å². The summed E-state index contributed by atoms with van der Waals surface area (Å²) in [6.45, 7) is 25.5. The monoisotopic (exact) mass is 354 g/mol. The molecular weight excluding hydrogens is 314 g/mol. The lowest BCUT2D eigenvalue weighted by Gasteiger charge is -2.57. The molecule has 2 aliphatic rings. The van der Waals surface area contributed by atoms with Gasteiger partial charge in [0.15, 0.2) is 0 Å². The minimum atomic E-state index is -0.159. The Morgan fingerprint density at radius 2 is 0.720 bits per heavy atom. The van der Waals surface area contributed by atoms with E-state index in [1.54, 1.807) is 0 Å². The normalized spacial score (nSPS) is 28.3. The summed E-state index contributed by atoms with van der Waals surface area (Å²) >= 11 is 0. The molecule has 4 nitrogen and oxygen atoms in total. The summed E-state index contributed by atoms with van der Waals surface area (Å²) in [5.41, 5.74) is -0.599. The molecule has 0 bridgehead atoms. The Bertz CT molecular complexity index is 422. The standard InChI is InChI=1S/C11H23BO2.C8H17BO2/c1-8-12-13-10(4,5)9(2,3)11(6,7)14-12;1-6-9-10-7(2,3)8(4,5)11-9/h8H2,1-7H3;6H2,1-5H3. The summed E-state index contributed by atoms with van der Waals surface area (Å²) in [6, 6.07) is 0. The molecule has 0 radical (unpaired) electrons. The highest BCUT2D eigenvalue weighted by Gasteiger charge is 2.56. The van der Waals surface area contributed by atoms with E-state index >= 15 is 0 Å². The van der Waals surface area contributed by atoms with Crippen LogP contribution in [0.25, 0.3) is 0 Å². The van der Waals surface area contributed by atoms with Crippen LogP contribution >= 0.6 is 0 Å². The van der Waals surface area contributed by atoms with Gasteiger partial charge < -0.3 is 18.6 Å². The molecule has 0 saturated carbocycles. The van der Waals surface area contributed by atoms with Crippen LogP contribution in [0.2, 0.25) is 12.6 Å². The smallest absolute Gasteiger partial charge is 0.406 e. The van der Waals surface area contributed by atoms with Crippen molar-refractivity contribution in [1.82, 2.24) is 0 Å². The van der Waals surface area contributed by atoms with Crippen LogP contribution in [0.5, 0.6) is 0 Å². The van der Waals surface area contributed by atoms with Gasteiger partial charge in [-0.05, 0) is 68.0 Å². The highest BCUT2D eigenvalue weighted by atomic mass is 16.7. The van der Waals surface area contributed by atoms with Gasteiger partial charge in [-0.3, -0.25) is 0 Å². The van der Waals surface area contributed by atoms with E-state index in [0.29, 0.717) is 0 Å². The number of rotatable bonds is 2. The summed E-state index contributed by atoms with van der Waals surface area (Å²) < 4.78 is 23.3. The fraction of sp³-hybridized carbons (Fsp3) is 1.00. The Hall–Kier alpha value is -0.0301. The third kappa shape index (κ3) is 4.45. The maximum absolute atomic E-state index is 5.95. The van der Waals surface area contributed by atoms with Crippen molar-refractivity contribution in [3.05, 3.63) is 0 Å². The fourth-order valence-electron chi connectivity index (χ4n) is 3.00. The van der Waals surface area contributed by atoms with Gasteiger partial charge >= 0.3 is 14.2 Å². The molecule has 0 aromatic heterocycles. The molecule has 146 valence electrons. The molecule has 0 N–H and O–H groups in total. The lowest BCUT2D eigenvalue weighted by Crippen LogP contribution is -2.64. The molecule has 0 amide bonds. The van der Waals surface area contributed by atoms with Gasteiger partial charge in [0.1, 0.15) is 0 Å². The van der Waals surface area contributed by atoms with E-state index in [0.717, 1.165) is 12.6 Å². The Balaban J connectivity index is 0.000000257. The van der Waals surface area contributed by atoms with Crippen molar-refractivity contribution in [1.29, 1.82) is 0 Å². The maximum Gasteiger partial charge on any atom is 0.457 e. The predicted molar refractivity (Wildman–Crippen MR) is 107 cm³/mol. The molecule has 2 fully saturated rings. The van der Waals surface area contributed by atoms with Gasteiger partial charge in [0.05, 0.1) is 22.4 Å². The average molecular weight is 354 g/mol. The molecule has 2 rings (SSSR count). The van der Waals surface area contributed by atoms with Crippen molar-refractivity contribution in [3.63, 3.8) is 0 Å². The molecule has 6 heteroatoms. The Morgan fingerprint density at radius 1 is 0.480 bits per heavy atom. The molecule has 2 saturated heterocycles. The zero-order valence-corrected chi connectivity index (χ0v) is 18.7. The fourth-order valence-corrected chi connectivity index (χ4v) is 3.00. The summed E-state index contributed by atoms with van der Waals surface area (Å²) in [4.78, 5) is 0. The number of hydrogen-bond donors (Lipinski definition) is 0. The maximum atomic E-state index is 5.95. The summed E-state index contributed by atoms with van der Waals surface area (Å²) in [5.74, 6) is 0. The predicted octanol–water partition coefficient (Wildman–Crippen LogP) is 5.22. The number of hydrogen-bond acceptors (Lipinski definition) is 4. The van der Waals surface area contributed by atoms with Crippen molar-refractivity contribution < 1.29 is 18.6 Å². The van der Waals surface area contributed by atoms with Crippen molar-refractivity contribution >= 4 is 14.2 Å². The first-order valence-corrected chi connectivity index (χ1v) is 9.74. The zero-order chi connectivity index (χ0) is 19.9. The van der Waals surface area contributed by atoms with Gasteiger partial charge in [-0.15, -0.1) is 0 Å². The SMILES string of the molecule is CCB1OC(C)(C)C(C)(C)C(C)(C)O1.CCB1OC(C)(C)C(C)(C)O1. The molecular formula is C19H40B2O4. The Morgan fingerprint density at radius 3 is 0.920 bits per heavy atom. The van der Waals surface area contributed by atoms with E-state index < -0.39 is 0 Å².